The summed E-state index contributed by atoms with van der Waals surface area (Å²) in [6.07, 6.45) is 0. The molecule has 4 aromatic carbocycles. The van der Waals surface area contributed by atoms with E-state index in [1.807, 2.05) is 0 Å². The van der Waals surface area contributed by atoms with E-state index in [0.717, 1.165) is 0 Å². The molecule has 2 atom stereocenters. The van der Waals surface area contributed by atoms with Crippen LogP contribution in [0.1, 0.15) is 101 Å². The van der Waals surface area contributed by atoms with Gasteiger partial charge in [0, 0.05) is 24.8 Å². The van der Waals surface area contributed by atoms with Gasteiger partial charge in [-0.3, -0.25) is 0 Å². The van der Waals surface area contributed by atoms with Gasteiger partial charge in [0.2, 0.25) is 0 Å². The summed E-state index contributed by atoms with van der Waals surface area (Å²) < 4.78 is 2.96. The van der Waals surface area contributed by atoms with Gasteiger partial charge < -0.3 is 8.74 Å². The number of hydrogen-bond acceptors (Lipinski definition) is 1. The first-order valence-electron chi connectivity index (χ1n) is 16.4. The summed E-state index contributed by atoms with van der Waals surface area (Å²) in [7, 11) is -3.12. The summed E-state index contributed by atoms with van der Waals surface area (Å²) in [5, 5.41) is 8.99. The molecule has 0 saturated heterocycles. The molecule has 0 aliphatic carbocycles. The van der Waals surface area contributed by atoms with Gasteiger partial charge in [-0.2, -0.15) is 0 Å². The molecule has 0 heterocycles. The van der Waals surface area contributed by atoms with Crippen LogP contribution in [0.3, 0.4) is 0 Å². The molecule has 0 saturated carbocycles. The molecule has 0 aliphatic rings. The molecule has 0 aromatic heterocycles. The third kappa shape index (κ3) is 7.30. The first-order chi connectivity index (χ1) is 20.9. The Morgan fingerprint density at radius 1 is 0.568 bits per heavy atom. The fourth-order valence-electron chi connectivity index (χ4n) is 6.19. The lowest BCUT2D eigenvalue weighted by Gasteiger charge is -2.50. The van der Waals surface area contributed by atoms with Crippen LogP contribution >= 0.6 is 14.9 Å². The zero-order chi connectivity index (χ0) is 32.2. The molecule has 44 heavy (non-hydrogen) atoms. The van der Waals surface area contributed by atoms with Crippen molar-refractivity contribution in [2.45, 2.75) is 90.6 Å². The Kier molecular flexibility index (Phi) is 11.8. The largest absolute Gasteiger partial charge is 0.514 e. The highest BCUT2D eigenvalue weighted by atomic mass is 32.1. The Bertz CT molecular complexity index is 1450. The zero-order valence-electron chi connectivity index (χ0n) is 28.9. The molecular weight excluding hydrogens is 585 g/mol. The quantitative estimate of drug-likeness (QED) is 0.111. The van der Waals surface area contributed by atoms with E-state index in [1.165, 1.54) is 44.2 Å². The lowest BCUT2D eigenvalue weighted by atomic mass is 9.93. The Labute approximate surface area is 275 Å². The molecular formula is C39H53AlN2P2. The predicted molar refractivity (Wildman–Crippen MR) is 204 cm³/mol. The van der Waals surface area contributed by atoms with Crippen LogP contribution in [0, 0.1) is 0 Å². The van der Waals surface area contributed by atoms with Crippen molar-refractivity contribution in [3.63, 3.8) is 0 Å². The van der Waals surface area contributed by atoms with Crippen LogP contribution in [0.5, 0.6) is 0 Å². The predicted octanol–water partition coefficient (Wildman–Crippen LogP) is 12.5. The number of rotatable bonds is 12. The summed E-state index contributed by atoms with van der Waals surface area (Å²) in [5.41, 5.74) is 8.36. The Morgan fingerprint density at radius 3 is 1.39 bits per heavy atom. The smallest absolute Gasteiger partial charge is 0.415 e. The average molecular weight is 639 g/mol. The molecule has 0 spiro atoms. The van der Waals surface area contributed by atoms with Crippen LogP contribution in [0.4, 0.5) is 11.4 Å². The van der Waals surface area contributed by atoms with Crippen molar-refractivity contribution in [2.75, 3.05) is 10.3 Å². The van der Waals surface area contributed by atoms with E-state index < -0.39 is 29.2 Å². The van der Waals surface area contributed by atoms with Crippen LogP contribution < -0.4 is 14.3 Å². The van der Waals surface area contributed by atoms with Gasteiger partial charge in [-0.15, -0.1) is 5.69 Å². The van der Waals surface area contributed by atoms with Gasteiger partial charge in [-0.1, -0.05) is 151 Å². The number of anilines is 1. The molecule has 4 aromatic rings. The SMILES string of the molecule is CC(C)c1cccc(C(C)C)c1[N-][P+](C)(c1ccccc1)P(c1ccccc1)[N](c1c(C(C)C)cccc1C(C)C)[Al]([CH3])[CH3]. The highest BCUT2D eigenvalue weighted by molar-refractivity contribution is 8.46. The van der Waals surface area contributed by atoms with Crippen LogP contribution in [0.2, 0.25) is 11.6 Å². The molecule has 0 radical (unpaired) electrons. The van der Waals surface area contributed by atoms with Crippen LogP contribution in [-0.2, 0) is 0 Å². The van der Waals surface area contributed by atoms with E-state index in [0.29, 0.717) is 23.7 Å². The van der Waals surface area contributed by atoms with Crippen LogP contribution in [0.25, 0.3) is 5.09 Å². The fourth-order valence-corrected chi connectivity index (χ4v) is 21.3. The highest BCUT2D eigenvalue weighted by Gasteiger charge is 2.46. The van der Waals surface area contributed by atoms with E-state index in [1.54, 1.807) is 0 Å². The maximum absolute atomic E-state index is 6.18. The Morgan fingerprint density at radius 2 is 0.977 bits per heavy atom. The third-order valence-corrected chi connectivity index (χ3v) is 20.8. The van der Waals surface area contributed by atoms with Gasteiger partial charge in [0.05, 0.1) is 5.30 Å². The van der Waals surface area contributed by atoms with E-state index in [-0.39, 0.29) is 0 Å². The van der Waals surface area contributed by atoms with Gasteiger partial charge in [0.25, 0.3) is 0 Å². The normalized spacial score (nSPS) is 13.8. The van der Waals surface area contributed by atoms with Crippen molar-refractivity contribution in [2.24, 2.45) is 0 Å². The first kappa shape index (κ1) is 34.7. The van der Waals surface area contributed by atoms with E-state index in [2.05, 4.69) is 174 Å². The van der Waals surface area contributed by atoms with Gasteiger partial charge in [-0.25, -0.2) is 0 Å². The lowest BCUT2D eigenvalue weighted by Crippen LogP contribution is -2.36. The lowest BCUT2D eigenvalue weighted by molar-refractivity contribution is 0.836. The Balaban J connectivity index is 2.14. The summed E-state index contributed by atoms with van der Waals surface area (Å²) in [4.78, 5) is 0. The maximum atomic E-state index is 6.18. The molecule has 2 nitrogen and oxygen atoms in total. The average Bonchev–Trinajstić information content (AvgIpc) is 2.99. The van der Waals surface area contributed by atoms with Crippen molar-refractivity contribution in [3.8, 4) is 0 Å². The molecule has 2 unspecified atom stereocenters. The van der Waals surface area contributed by atoms with E-state index in [9.17, 15) is 0 Å². The molecule has 0 amide bonds. The van der Waals surface area contributed by atoms with Gasteiger partial charge in [-0.05, 0) is 59.1 Å². The number of para-hydroxylation sites is 1. The molecule has 5 heteroatoms. The first-order valence-corrected chi connectivity index (χ1v) is 23.5. The summed E-state index contributed by atoms with van der Waals surface area (Å²) >= 11 is -1.44. The van der Waals surface area contributed by atoms with Crippen molar-refractivity contribution >= 4 is 51.2 Å². The zero-order valence-corrected chi connectivity index (χ0v) is 31.9. The minimum absolute atomic E-state index is 0.393. The van der Waals surface area contributed by atoms with Gasteiger partial charge >= 0.3 is 14.4 Å². The summed E-state index contributed by atoms with van der Waals surface area (Å²) in [6, 6.07) is 36.6. The molecule has 4 rings (SSSR count). The molecule has 0 bridgehead atoms. The molecule has 0 N–H and O–H groups in total. The molecule has 0 aliphatic heterocycles. The van der Waals surface area contributed by atoms with Crippen LogP contribution in [-0.4, -0.2) is 21.0 Å². The number of benzene rings is 4. The van der Waals surface area contributed by atoms with Gasteiger partial charge in [0.15, 0.2) is 7.76 Å². The number of nitrogens with zero attached hydrogens (tertiary/aromatic N) is 2. The van der Waals surface area contributed by atoms with Crippen LogP contribution in [0.15, 0.2) is 97.1 Å². The number of hydrogen-bond donors (Lipinski definition) is 0. The topological polar surface area (TPSA) is 17.3 Å². The maximum Gasteiger partial charge on any atom is 0.415 e. The third-order valence-electron chi connectivity index (χ3n) is 8.50. The minimum atomic E-state index is -2.23. The van der Waals surface area contributed by atoms with Crippen molar-refractivity contribution in [1.82, 2.24) is 0 Å². The van der Waals surface area contributed by atoms with Gasteiger partial charge in [0.1, 0.15) is 0 Å². The van der Waals surface area contributed by atoms with Crippen molar-refractivity contribution in [3.05, 3.63) is 124 Å². The highest BCUT2D eigenvalue weighted by Crippen LogP contribution is 2.87. The summed E-state index contributed by atoms with van der Waals surface area (Å²) in [6.45, 7) is 21.2. The van der Waals surface area contributed by atoms with Crippen molar-refractivity contribution < 1.29 is 0 Å². The molecule has 0 fully saturated rings. The second-order valence-electron chi connectivity index (χ2n) is 13.6. The van der Waals surface area contributed by atoms with E-state index in [4.69, 9.17) is 5.09 Å². The molecule has 232 valence electrons. The second kappa shape index (κ2) is 15.0. The summed E-state index contributed by atoms with van der Waals surface area (Å²) in [5.74, 6) is 6.69. The van der Waals surface area contributed by atoms with E-state index >= 15 is 0 Å². The second-order valence-corrected chi connectivity index (χ2v) is 24.3. The fraction of sp³-hybridized carbons (Fsp3) is 0.385. The minimum Gasteiger partial charge on any atom is -0.514 e. The standard InChI is InChI=1S/C37H47N2P2.2CH3.Al/c1-26(2)32-22-16-23-33(27(3)4)36(32)38-40(30-18-12-10-13-19-30)41(9,31-20-14-11-15-21-31)39-37-34(28(5)6)24-17-25-35(37)29(7)8;;;/h10-29H,1-9H3;2*1H3;/q-1;;;+1. The Hall–Kier alpha value is -2.13. The monoisotopic (exact) mass is 638 g/mol. The van der Waals surface area contributed by atoms with Crippen molar-refractivity contribution in [1.29, 1.82) is 0 Å².